The molecule has 0 radical (unpaired) electrons. The summed E-state index contributed by atoms with van der Waals surface area (Å²) in [5.74, 6) is 1.89. The van der Waals surface area contributed by atoms with Gasteiger partial charge in [-0.2, -0.15) is 0 Å². The van der Waals surface area contributed by atoms with Crippen molar-refractivity contribution in [1.29, 1.82) is 0 Å². The summed E-state index contributed by atoms with van der Waals surface area (Å²) < 4.78 is 18.3. The molecule has 6 heteroatoms. The first-order chi connectivity index (χ1) is 13.6. The van der Waals surface area contributed by atoms with Gasteiger partial charge in [-0.1, -0.05) is 29.8 Å². The Labute approximate surface area is 162 Å². The standard InChI is InChI=1S/C22H20N2O4/c1-15-7-9-16(10-8-15)27-14-21-23-18-5-3-4-6-19(18)24(21)13-17-11-12-20(28-17)22(25)26-2/h3-12H,13-14H2,1-2H3. The fourth-order valence-electron chi connectivity index (χ4n) is 3.02. The van der Waals surface area contributed by atoms with Crippen molar-refractivity contribution in [3.63, 3.8) is 0 Å². The van der Waals surface area contributed by atoms with E-state index in [2.05, 4.69) is 0 Å². The van der Waals surface area contributed by atoms with Gasteiger partial charge in [0.15, 0.2) is 0 Å². The summed E-state index contributed by atoms with van der Waals surface area (Å²) in [6, 6.07) is 19.2. The molecule has 28 heavy (non-hydrogen) atoms. The number of ether oxygens (including phenoxy) is 2. The Kier molecular flexibility index (Phi) is 4.85. The van der Waals surface area contributed by atoms with Crippen molar-refractivity contribution in [2.24, 2.45) is 0 Å². The number of para-hydroxylation sites is 2. The summed E-state index contributed by atoms with van der Waals surface area (Å²) in [7, 11) is 1.33. The number of esters is 1. The van der Waals surface area contributed by atoms with Crippen molar-refractivity contribution in [2.75, 3.05) is 7.11 Å². The summed E-state index contributed by atoms with van der Waals surface area (Å²) in [4.78, 5) is 16.3. The SMILES string of the molecule is COC(=O)c1ccc(Cn2c(COc3ccc(C)cc3)nc3ccccc32)o1. The molecule has 0 aliphatic heterocycles. The molecule has 0 spiro atoms. The second kappa shape index (κ2) is 7.60. The van der Waals surface area contributed by atoms with Crippen molar-refractivity contribution in [3.05, 3.63) is 83.6 Å². The van der Waals surface area contributed by atoms with Gasteiger partial charge in [-0.05, 0) is 43.3 Å². The van der Waals surface area contributed by atoms with E-state index in [0.29, 0.717) is 18.9 Å². The molecule has 4 rings (SSSR count). The van der Waals surface area contributed by atoms with Gasteiger partial charge in [-0.3, -0.25) is 0 Å². The zero-order valence-electron chi connectivity index (χ0n) is 15.7. The van der Waals surface area contributed by atoms with E-state index in [0.717, 1.165) is 22.6 Å². The number of furan rings is 1. The van der Waals surface area contributed by atoms with Crippen LogP contribution in [0.2, 0.25) is 0 Å². The summed E-state index contributed by atoms with van der Waals surface area (Å²) in [6.45, 7) is 2.79. The number of carbonyl (C=O) groups excluding carboxylic acids is 1. The molecule has 0 fully saturated rings. The number of hydrogen-bond acceptors (Lipinski definition) is 5. The third-order valence-electron chi connectivity index (χ3n) is 4.48. The molecule has 0 atom stereocenters. The molecule has 2 aromatic carbocycles. The Bertz CT molecular complexity index is 1110. The minimum Gasteiger partial charge on any atom is -0.486 e. The molecule has 0 saturated heterocycles. The van der Waals surface area contributed by atoms with E-state index < -0.39 is 5.97 Å². The van der Waals surface area contributed by atoms with E-state index in [4.69, 9.17) is 18.9 Å². The summed E-state index contributed by atoms with van der Waals surface area (Å²) >= 11 is 0. The van der Waals surface area contributed by atoms with E-state index in [9.17, 15) is 4.79 Å². The zero-order chi connectivity index (χ0) is 19.5. The average Bonchev–Trinajstić information content (AvgIpc) is 3.32. The Morgan fingerprint density at radius 2 is 1.86 bits per heavy atom. The van der Waals surface area contributed by atoms with E-state index >= 15 is 0 Å². The monoisotopic (exact) mass is 376 g/mol. The molecule has 0 bridgehead atoms. The van der Waals surface area contributed by atoms with Gasteiger partial charge in [-0.25, -0.2) is 9.78 Å². The van der Waals surface area contributed by atoms with Crippen molar-refractivity contribution in [3.8, 4) is 5.75 Å². The highest BCUT2D eigenvalue weighted by atomic mass is 16.5. The molecule has 0 N–H and O–H groups in total. The van der Waals surface area contributed by atoms with Crippen LogP contribution in [-0.4, -0.2) is 22.6 Å². The molecule has 0 aliphatic rings. The van der Waals surface area contributed by atoms with Gasteiger partial charge >= 0.3 is 5.97 Å². The topological polar surface area (TPSA) is 66.5 Å². The molecule has 0 unspecified atom stereocenters. The van der Waals surface area contributed by atoms with Gasteiger partial charge < -0.3 is 18.5 Å². The van der Waals surface area contributed by atoms with Crippen LogP contribution >= 0.6 is 0 Å². The maximum absolute atomic E-state index is 11.6. The number of benzene rings is 2. The third kappa shape index (κ3) is 3.62. The Hall–Kier alpha value is -3.54. The Morgan fingerprint density at radius 1 is 1.07 bits per heavy atom. The van der Waals surface area contributed by atoms with Crippen LogP contribution < -0.4 is 4.74 Å². The summed E-state index contributed by atoms with van der Waals surface area (Å²) in [5, 5.41) is 0. The number of imidazole rings is 1. The number of aromatic nitrogens is 2. The maximum Gasteiger partial charge on any atom is 0.373 e. The predicted molar refractivity (Wildman–Crippen MR) is 104 cm³/mol. The highest BCUT2D eigenvalue weighted by molar-refractivity contribution is 5.86. The number of methoxy groups -OCH3 is 1. The fraction of sp³-hybridized carbons (Fsp3) is 0.182. The zero-order valence-corrected chi connectivity index (χ0v) is 15.7. The molecule has 2 aromatic heterocycles. The van der Waals surface area contributed by atoms with E-state index in [-0.39, 0.29) is 5.76 Å². The first kappa shape index (κ1) is 17.9. The molecule has 0 aliphatic carbocycles. The van der Waals surface area contributed by atoms with Crippen LogP contribution in [0, 0.1) is 6.92 Å². The number of nitrogens with zero attached hydrogens (tertiary/aromatic N) is 2. The Balaban J connectivity index is 1.62. The number of carbonyl (C=O) groups is 1. The van der Waals surface area contributed by atoms with Crippen LogP contribution in [0.25, 0.3) is 11.0 Å². The first-order valence-electron chi connectivity index (χ1n) is 8.94. The lowest BCUT2D eigenvalue weighted by Gasteiger charge is -2.09. The number of rotatable bonds is 6. The molecule has 142 valence electrons. The van der Waals surface area contributed by atoms with Crippen molar-refractivity contribution < 1.29 is 18.7 Å². The van der Waals surface area contributed by atoms with Gasteiger partial charge in [0.25, 0.3) is 0 Å². The number of fused-ring (bicyclic) bond motifs is 1. The normalized spacial score (nSPS) is 10.9. The quantitative estimate of drug-likeness (QED) is 0.468. The van der Waals surface area contributed by atoms with Gasteiger partial charge in [-0.15, -0.1) is 0 Å². The molecule has 4 aromatic rings. The largest absolute Gasteiger partial charge is 0.486 e. The minimum absolute atomic E-state index is 0.180. The van der Waals surface area contributed by atoms with Crippen LogP contribution in [0.4, 0.5) is 0 Å². The van der Waals surface area contributed by atoms with E-state index in [1.54, 1.807) is 12.1 Å². The maximum atomic E-state index is 11.6. The van der Waals surface area contributed by atoms with Crippen molar-refractivity contribution >= 4 is 17.0 Å². The first-order valence-corrected chi connectivity index (χ1v) is 8.94. The summed E-state index contributed by atoms with van der Waals surface area (Å²) in [6.07, 6.45) is 0. The molecule has 6 nitrogen and oxygen atoms in total. The lowest BCUT2D eigenvalue weighted by Crippen LogP contribution is -2.08. The highest BCUT2D eigenvalue weighted by Gasteiger charge is 2.15. The van der Waals surface area contributed by atoms with Crippen LogP contribution in [0.1, 0.15) is 27.7 Å². The number of aryl methyl sites for hydroxylation is 1. The lowest BCUT2D eigenvalue weighted by atomic mass is 10.2. The fourth-order valence-corrected chi connectivity index (χ4v) is 3.02. The van der Waals surface area contributed by atoms with Gasteiger partial charge in [0.1, 0.15) is 23.9 Å². The lowest BCUT2D eigenvalue weighted by molar-refractivity contribution is 0.0563. The molecular formula is C22H20N2O4. The van der Waals surface area contributed by atoms with Gasteiger partial charge in [0, 0.05) is 0 Å². The molecule has 0 saturated carbocycles. The van der Waals surface area contributed by atoms with Crippen molar-refractivity contribution in [2.45, 2.75) is 20.1 Å². The molecule has 2 heterocycles. The highest BCUT2D eigenvalue weighted by Crippen LogP contribution is 2.21. The van der Waals surface area contributed by atoms with Crippen LogP contribution in [-0.2, 0) is 17.9 Å². The van der Waals surface area contributed by atoms with Crippen LogP contribution in [0.15, 0.2) is 65.1 Å². The second-order valence-electron chi connectivity index (χ2n) is 6.46. The van der Waals surface area contributed by atoms with Crippen LogP contribution in [0.3, 0.4) is 0 Å². The van der Waals surface area contributed by atoms with Gasteiger partial charge in [0.05, 0.1) is 24.7 Å². The molecular weight excluding hydrogens is 356 g/mol. The smallest absolute Gasteiger partial charge is 0.373 e. The average molecular weight is 376 g/mol. The van der Waals surface area contributed by atoms with Crippen LogP contribution in [0.5, 0.6) is 5.75 Å². The molecule has 0 amide bonds. The van der Waals surface area contributed by atoms with Gasteiger partial charge in [0.2, 0.25) is 5.76 Å². The van der Waals surface area contributed by atoms with Crippen molar-refractivity contribution in [1.82, 2.24) is 9.55 Å². The Morgan fingerprint density at radius 3 is 2.64 bits per heavy atom. The van der Waals surface area contributed by atoms with E-state index in [1.807, 2.05) is 60.0 Å². The predicted octanol–water partition coefficient (Wildman–Crippen LogP) is 4.35. The summed E-state index contributed by atoms with van der Waals surface area (Å²) in [5.41, 5.74) is 3.03. The minimum atomic E-state index is -0.496. The second-order valence-corrected chi connectivity index (χ2v) is 6.46. The number of hydrogen-bond donors (Lipinski definition) is 0. The third-order valence-corrected chi connectivity index (χ3v) is 4.48. The van der Waals surface area contributed by atoms with E-state index in [1.165, 1.54) is 12.7 Å².